The molecule has 0 saturated heterocycles. The van der Waals surface area contributed by atoms with Crippen LogP contribution in [0.1, 0.15) is 201 Å². The van der Waals surface area contributed by atoms with Crippen LogP contribution < -0.4 is 5.32 Å². The Kier molecular flexibility index (Phi) is 39.0. The zero-order valence-corrected chi connectivity index (χ0v) is 35.1. The summed E-state index contributed by atoms with van der Waals surface area (Å²) in [4.78, 5) is 39.4. The summed E-state index contributed by atoms with van der Waals surface area (Å²) < 4.78 is 16.4. The highest BCUT2D eigenvalue weighted by atomic mass is 16.6. The summed E-state index contributed by atoms with van der Waals surface area (Å²) in [5.41, 5.74) is 0. The lowest BCUT2D eigenvalue weighted by atomic mass is 10.1. The highest BCUT2D eigenvalue weighted by Gasteiger charge is 2.19. The minimum Gasteiger partial charge on any atom is -0.462 e. The SMILES string of the molecule is CCCCCCCCC=CCCCCCCCC(=O)OCC(COC(=O)CCCCCCCC=CCCCCCCCC)OC(=O)NCCN(C)CC. The van der Waals surface area contributed by atoms with E-state index in [4.69, 9.17) is 14.2 Å². The number of nitrogens with zero attached hydrogens (tertiary/aromatic N) is 1. The van der Waals surface area contributed by atoms with Gasteiger partial charge >= 0.3 is 18.0 Å². The van der Waals surface area contributed by atoms with Gasteiger partial charge in [-0.15, -0.1) is 0 Å². The fourth-order valence-electron chi connectivity index (χ4n) is 6.01. The maximum Gasteiger partial charge on any atom is 0.407 e. The number of amides is 1. The predicted octanol–water partition coefficient (Wildman–Crippen LogP) is 12.2. The molecule has 0 heterocycles. The van der Waals surface area contributed by atoms with Crippen molar-refractivity contribution in [2.45, 2.75) is 207 Å². The van der Waals surface area contributed by atoms with Gasteiger partial charge < -0.3 is 24.4 Å². The van der Waals surface area contributed by atoms with Crippen LogP contribution in [-0.2, 0) is 23.8 Å². The molecule has 0 aliphatic rings. The van der Waals surface area contributed by atoms with E-state index in [0.29, 0.717) is 25.9 Å². The maximum absolute atomic E-state index is 12.4. The van der Waals surface area contributed by atoms with E-state index in [1.807, 2.05) is 14.0 Å². The normalized spacial score (nSPS) is 12.2. The molecule has 0 aliphatic carbocycles. The fraction of sp³-hybridized carbons (Fsp3) is 0.844. The molecular formula is C45H84N2O6. The molecule has 0 aromatic carbocycles. The lowest BCUT2D eigenvalue weighted by Gasteiger charge is -2.19. The van der Waals surface area contributed by atoms with E-state index < -0.39 is 12.2 Å². The van der Waals surface area contributed by atoms with Gasteiger partial charge in [0.1, 0.15) is 13.2 Å². The van der Waals surface area contributed by atoms with Crippen molar-refractivity contribution in [1.82, 2.24) is 10.2 Å². The van der Waals surface area contributed by atoms with Gasteiger partial charge in [0.05, 0.1) is 0 Å². The molecule has 0 unspecified atom stereocenters. The molecule has 53 heavy (non-hydrogen) atoms. The zero-order valence-electron chi connectivity index (χ0n) is 35.1. The molecule has 1 N–H and O–H groups in total. The van der Waals surface area contributed by atoms with Crippen LogP contribution in [0.3, 0.4) is 0 Å². The number of likely N-dealkylation sites (N-methyl/N-ethyl adjacent to an activating group) is 1. The van der Waals surface area contributed by atoms with Crippen LogP contribution in [0.4, 0.5) is 4.79 Å². The highest BCUT2D eigenvalue weighted by molar-refractivity contribution is 5.70. The van der Waals surface area contributed by atoms with Crippen molar-refractivity contribution in [3.05, 3.63) is 24.3 Å². The second-order valence-electron chi connectivity index (χ2n) is 14.9. The minimum atomic E-state index is -0.852. The summed E-state index contributed by atoms with van der Waals surface area (Å²) in [5.74, 6) is -0.637. The number of hydrogen-bond donors (Lipinski definition) is 1. The van der Waals surface area contributed by atoms with Crippen LogP contribution >= 0.6 is 0 Å². The molecule has 0 aromatic heterocycles. The van der Waals surface area contributed by atoms with Gasteiger partial charge in [-0.05, 0) is 77.8 Å². The van der Waals surface area contributed by atoms with E-state index in [-0.39, 0.29) is 25.2 Å². The first kappa shape index (κ1) is 50.6. The second kappa shape index (κ2) is 40.8. The van der Waals surface area contributed by atoms with E-state index >= 15 is 0 Å². The summed E-state index contributed by atoms with van der Waals surface area (Å²) in [6.07, 6.45) is 39.7. The average Bonchev–Trinajstić information content (AvgIpc) is 3.15. The van der Waals surface area contributed by atoms with E-state index in [1.165, 1.54) is 103 Å². The quantitative estimate of drug-likeness (QED) is 0.0289. The average molecular weight is 749 g/mol. The summed E-state index contributed by atoms with van der Waals surface area (Å²) in [6, 6.07) is 0. The van der Waals surface area contributed by atoms with Crippen LogP contribution in [0.15, 0.2) is 24.3 Å². The number of carbonyl (C=O) groups excluding carboxylic acids is 3. The topological polar surface area (TPSA) is 94.2 Å². The zero-order chi connectivity index (χ0) is 38.9. The third-order valence-corrected chi connectivity index (χ3v) is 9.72. The van der Waals surface area contributed by atoms with Gasteiger partial charge in [0.25, 0.3) is 0 Å². The monoisotopic (exact) mass is 749 g/mol. The van der Waals surface area contributed by atoms with Crippen LogP contribution in [0, 0.1) is 0 Å². The van der Waals surface area contributed by atoms with Gasteiger partial charge in [-0.3, -0.25) is 9.59 Å². The Hall–Kier alpha value is -2.35. The van der Waals surface area contributed by atoms with Crippen molar-refractivity contribution in [2.75, 3.05) is 39.9 Å². The van der Waals surface area contributed by atoms with Crippen molar-refractivity contribution in [2.24, 2.45) is 0 Å². The Morgan fingerprint density at radius 2 is 0.887 bits per heavy atom. The van der Waals surface area contributed by atoms with Crippen molar-refractivity contribution in [1.29, 1.82) is 0 Å². The lowest BCUT2D eigenvalue weighted by Crippen LogP contribution is -2.38. The van der Waals surface area contributed by atoms with Crippen LogP contribution in [0.25, 0.3) is 0 Å². The molecule has 0 bridgehead atoms. The highest BCUT2D eigenvalue weighted by Crippen LogP contribution is 2.13. The Labute approximate surface area is 327 Å². The maximum atomic E-state index is 12.4. The summed E-state index contributed by atoms with van der Waals surface area (Å²) in [6.45, 7) is 8.29. The van der Waals surface area contributed by atoms with E-state index in [0.717, 1.165) is 70.8 Å². The van der Waals surface area contributed by atoms with E-state index in [1.54, 1.807) is 0 Å². The summed E-state index contributed by atoms with van der Waals surface area (Å²) in [5, 5.41) is 2.73. The molecule has 8 nitrogen and oxygen atoms in total. The van der Waals surface area contributed by atoms with Gasteiger partial charge in [-0.2, -0.15) is 0 Å². The molecule has 1 amide bonds. The second-order valence-corrected chi connectivity index (χ2v) is 14.9. The Balaban J connectivity index is 4.21. The number of esters is 2. The van der Waals surface area contributed by atoms with E-state index in [2.05, 4.69) is 48.4 Å². The molecule has 310 valence electrons. The molecular weight excluding hydrogens is 665 g/mol. The molecule has 0 spiro atoms. The minimum absolute atomic E-state index is 0.132. The smallest absolute Gasteiger partial charge is 0.407 e. The number of carbonyl (C=O) groups is 3. The third-order valence-electron chi connectivity index (χ3n) is 9.72. The molecule has 0 aromatic rings. The van der Waals surface area contributed by atoms with Gasteiger partial charge in [0.15, 0.2) is 6.10 Å². The van der Waals surface area contributed by atoms with E-state index in [9.17, 15) is 14.4 Å². The number of alkyl carbamates (subject to hydrolysis) is 1. The first-order valence-electron chi connectivity index (χ1n) is 22.2. The van der Waals surface area contributed by atoms with Gasteiger partial charge in [-0.1, -0.05) is 148 Å². The number of ether oxygens (including phenoxy) is 3. The van der Waals surface area contributed by atoms with Crippen LogP contribution in [-0.4, -0.2) is 68.9 Å². The fourth-order valence-corrected chi connectivity index (χ4v) is 6.01. The summed E-state index contributed by atoms with van der Waals surface area (Å²) in [7, 11) is 1.97. The van der Waals surface area contributed by atoms with Crippen LogP contribution in [0.5, 0.6) is 0 Å². The van der Waals surface area contributed by atoms with Crippen molar-refractivity contribution < 1.29 is 28.6 Å². The largest absolute Gasteiger partial charge is 0.462 e. The van der Waals surface area contributed by atoms with Gasteiger partial charge in [-0.25, -0.2) is 4.79 Å². The molecule has 0 saturated carbocycles. The lowest BCUT2D eigenvalue weighted by molar-refractivity contribution is -0.152. The van der Waals surface area contributed by atoms with Crippen molar-refractivity contribution in [3.8, 4) is 0 Å². The first-order valence-corrected chi connectivity index (χ1v) is 22.2. The van der Waals surface area contributed by atoms with Crippen LogP contribution in [0.2, 0.25) is 0 Å². The molecule has 0 fully saturated rings. The number of allylic oxidation sites excluding steroid dienone is 4. The molecule has 8 heteroatoms. The number of hydrogen-bond acceptors (Lipinski definition) is 7. The third kappa shape index (κ3) is 39.2. The van der Waals surface area contributed by atoms with Gasteiger partial charge in [0, 0.05) is 25.9 Å². The number of nitrogens with one attached hydrogen (secondary N) is 1. The summed E-state index contributed by atoms with van der Waals surface area (Å²) >= 11 is 0. The Bertz CT molecular complexity index is 836. The van der Waals surface area contributed by atoms with Crippen molar-refractivity contribution >= 4 is 18.0 Å². The van der Waals surface area contributed by atoms with Crippen molar-refractivity contribution in [3.63, 3.8) is 0 Å². The number of rotatable bonds is 39. The first-order chi connectivity index (χ1) is 25.9. The molecule has 0 radical (unpaired) electrons. The molecule has 0 rings (SSSR count). The molecule has 0 aliphatic heterocycles. The molecule has 0 atom stereocenters. The Morgan fingerprint density at radius 3 is 1.26 bits per heavy atom. The Morgan fingerprint density at radius 1 is 0.528 bits per heavy atom. The standard InChI is InChI=1S/C45H84N2O6/c1-5-8-10-12-14-16-18-20-22-24-26-28-30-32-34-36-43(48)51-40-42(53-45(50)46-38-39-47(4)7-3)41-52-44(49)37-35-33-31-29-27-25-23-21-19-17-15-13-11-9-6-2/h20-23,42H,5-19,24-41H2,1-4H3,(H,46,50). The van der Waals surface area contributed by atoms with Gasteiger partial charge in [0.2, 0.25) is 0 Å². The number of unbranched alkanes of at least 4 members (excludes halogenated alkanes) is 22. The predicted molar refractivity (Wildman–Crippen MR) is 222 cm³/mol.